The Kier molecular flexibility index (Phi) is 5.53. The Balaban J connectivity index is 3.00. The molecule has 3 N–H and O–H groups in total. The number of aromatic nitrogens is 2. The van der Waals surface area contributed by atoms with Gasteiger partial charge in [-0.3, -0.25) is 4.79 Å². The fraction of sp³-hybridized carbons (Fsp3) is 0.733. The maximum absolute atomic E-state index is 12.5. The van der Waals surface area contributed by atoms with Gasteiger partial charge in [0.1, 0.15) is 11.4 Å². The van der Waals surface area contributed by atoms with Gasteiger partial charge >= 0.3 is 0 Å². The Morgan fingerprint density at radius 1 is 1.48 bits per heavy atom. The van der Waals surface area contributed by atoms with Gasteiger partial charge in [-0.05, 0) is 19.3 Å². The van der Waals surface area contributed by atoms with Crippen LogP contribution in [0.3, 0.4) is 0 Å². The summed E-state index contributed by atoms with van der Waals surface area (Å²) < 4.78 is 5.29. The predicted octanol–water partition coefficient (Wildman–Crippen LogP) is 1.71. The van der Waals surface area contributed by atoms with E-state index in [9.17, 15) is 4.79 Å². The molecule has 0 spiro atoms. The van der Waals surface area contributed by atoms with E-state index in [2.05, 4.69) is 15.3 Å². The van der Waals surface area contributed by atoms with Crippen LogP contribution in [0.4, 0.5) is 0 Å². The topological polar surface area (TPSA) is 87.2 Å². The molecule has 1 aromatic rings. The molecule has 0 saturated carbocycles. The molecule has 1 rings (SSSR count). The second-order valence-corrected chi connectivity index (χ2v) is 6.63. The Hall–Kier alpha value is -1.40. The lowest BCUT2D eigenvalue weighted by molar-refractivity contribution is -0.145. The fourth-order valence-electron chi connectivity index (χ4n) is 2.08. The van der Waals surface area contributed by atoms with Gasteiger partial charge < -0.3 is 20.1 Å². The number of hydrogen-bond donors (Lipinski definition) is 3. The van der Waals surface area contributed by atoms with E-state index in [-0.39, 0.29) is 30.4 Å². The third-order valence-electron chi connectivity index (χ3n) is 3.66. The molecule has 0 aromatic carbocycles. The summed E-state index contributed by atoms with van der Waals surface area (Å²) >= 11 is 0. The Morgan fingerprint density at radius 2 is 2.10 bits per heavy atom. The molecule has 1 amide bonds. The minimum absolute atomic E-state index is 0.113. The second kappa shape index (κ2) is 6.58. The van der Waals surface area contributed by atoms with Crippen LogP contribution in [-0.4, -0.2) is 40.3 Å². The lowest BCUT2D eigenvalue weighted by Gasteiger charge is -2.34. The number of aliphatic hydroxyl groups excluding tert-OH is 1. The molecule has 0 aliphatic carbocycles. The molecule has 1 aromatic heterocycles. The highest BCUT2D eigenvalue weighted by molar-refractivity contribution is 5.85. The minimum Gasteiger partial charge on any atom is -0.396 e. The predicted molar refractivity (Wildman–Crippen MR) is 80.8 cm³/mol. The summed E-state index contributed by atoms with van der Waals surface area (Å²) in [7, 11) is 1.47. The third kappa shape index (κ3) is 4.28. The molecule has 0 saturated heterocycles. The molecule has 6 heteroatoms. The van der Waals surface area contributed by atoms with Crippen molar-refractivity contribution in [2.45, 2.75) is 52.7 Å². The Bertz CT molecular complexity index is 479. The number of hydrogen-bond acceptors (Lipinski definition) is 4. The molecule has 6 nitrogen and oxygen atoms in total. The zero-order valence-electron chi connectivity index (χ0n) is 13.8. The summed E-state index contributed by atoms with van der Waals surface area (Å²) in [6, 6.07) is -0.271. The third-order valence-corrected chi connectivity index (χ3v) is 3.66. The molecular weight excluding hydrogens is 270 g/mol. The van der Waals surface area contributed by atoms with Gasteiger partial charge in [-0.2, -0.15) is 0 Å². The van der Waals surface area contributed by atoms with Crippen molar-refractivity contribution >= 4 is 5.91 Å². The van der Waals surface area contributed by atoms with E-state index >= 15 is 0 Å². The number of aliphatic hydroxyl groups is 1. The maximum Gasteiger partial charge on any atom is 0.252 e. The minimum atomic E-state index is -1.06. The van der Waals surface area contributed by atoms with Crippen LogP contribution in [-0.2, 0) is 9.53 Å². The first-order valence-electron chi connectivity index (χ1n) is 7.12. The van der Waals surface area contributed by atoms with E-state index in [1.807, 2.05) is 27.7 Å². The van der Waals surface area contributed by atoms with E-state index in [1.54, 1.807) is 13.1 Å². The number of nitrogens with zero attached hydrogens (tertiary/aromatic N) is 1. The highest BCUT2D eigenvalue weighted by atomic mass is 16.5. The van der Waals surface area contributed by atoms with Crippen molar-refractivity contribution in [3.8, 4) is 0 Å². The highest BCUT2D eigenvalue weighted by Crippen LogP contribution is 2.32. The quantitative estimate of drug-likeness (QED) is 0.746. The number of carbonyl (C=O) groups excluding carboxylic acids is 1. The van der Waals surface area contributed by atoms with Gasteiger partial charge in [-0.1, -0.05) is 20.8 Å². The first-order chi connectivity index (χ1) is 9.64. The summed E-state index contributed by atoms with van der Waals surface area (Å²) in [5.41, 5.74) is -0.327. The van der Waals surface area contributed by atoms with E-state index < -0.39 is 5.60 Å². The summed E-state index contributed by atoms with van der Waals surface area (Å²) in [6.45, 7) is 9.58. The number of nitrogens with one attached hydrogen (secondary N) is 2. The second-order valence-electron chi connectivity index (χ2n) is 6.63. The lowest BCUT2D eigenvalue weighted by Crippen LogP contribution is -2.50. The first-order valence-corrected chi connectivity index (χ1v) is 7.12. The molecule has 0 aliphatic rings. The Morgan fingerprint density at radius 3 is 2.48 bits per heavy atom. The van der Waals surface area contributed by atoms with Crippen LogP contribution in [0, 0.1) is 12.3 Å². The van der Waals surface area contributed by atoms with Gasteiger partial charge in [0.15, 0.2) is 0 Å². The highest BCUT2D eigenvalue weighted by Gasteiger charge is 2.38. The normalized spacial score (nSPS) is 16.3. The summed E-state index contributed by atoms with van der Waals surface area (Å²) in [5, 5.41) is 12.1. The van der Waals surface area contributed by atoms with E-state index in [4.69, 9.17) is 9.84 Å². The molecule has 21 heavy (non-hydrogen) atoms. The van der Waals surface area contributed by atoms with Crippen LogP contribution in [0.25, 0.3) is 0 Å². The van der Waals surface area contributed by atoms with Crippen molar-refractivity contribution < 1.29 is 14.6 Å². The van der Waals surface area contributed by atoms with Crippen molar-refractivity contribution in [2.24, 2.45) is 5.41 Å². The van der Waals surface area contributed by atoms with Gasteiger partial charge in [-0.25, -0.2) is 4.98 Å². The largest absolute Gasteiger partial charge is 0.396 e. The molecule has 0 aliphatic heterocycles. The van der Waals surface area contributed by atoms with Gasteiger partial charge in [0.05, 0.1) is 6.04 Å². The number of carbonyl (C=O) groups is 1. The molecule has 0 fully saturated rings. The van der Waals surface area contributed by atoms with Gasteiger partial charge in [0.25, 0.3) is 5.91 Å². The van der Waals surface area contributed by atoms with Crippen molar-refractivity contribution in [1.82, 2.24) is 15.3 Å². The van der Waals surface area contributed by atoms with E-state index in [0.29, 0.717) is 0 Å². The average molecular weight is 297 g/mol. The van der Waals surface area contributed by atoms with Crippen molar-refractivity contribution in [3.63, 3.8) is 0 Å². The van der Waals surface area contributed by atoms with Crippen LogP contribution in [0.15, 0.2) is 6.20 Å². The first kappa shape index (κ1) is 17.7. The van der Waals surface area contributed by atoms with Crippen LogP contribution < -0.4 is 5.32 Å². The van der Waals surface area contributed by atoms with E-state index in [1.165, 1.54) is 7.11 Å². The Labute approximate surface area is 126 Å². The molecule has 1 heterocycles. The van der Waals surface area contributed by atoms with E-state index in [0.717, 1.165) is 11.5 Å². The van der Waals surface area contributed by atoms with Crippen LogP contribution in [0.1, 0.15) is 51.7 Å². The van der Waals surface area contributed by atoms with Crippen LogP contribution in [0.2, 0.25) is 0 Å². The molecule has 2 atom stereocenters. The summed E-state index contributed by atoms with van der Waals surface area (Å²) in [4.78, 5) is 20.0. The van der Waals surface area contributed by atoms with Crippen LogP contribution in [0.5, 0.6) is 0 Å². The molecule has 120 valence electrons. The molecular formula is C15H27N3O3. The van der Waals surface area contributed by atoms with Crippen LogP contribution >= 0.6 is 0 Å². The van der Waals surface area contributed by atoms with Gasteiger partial charge in [0.2, 0.25) is 0 Å². The smallest absolute Gasteiger partial charge is 0.252 e. The standard InChI is InChI=1S/C15H27N3O3/c1-10-9-16-12(17-10)11(14(2,3)4)18-13(20)15(5,21-6)7-8-19/h9,11,19H,7-8H2,1-6H3,(H,16,17)(H,18,20)/t11-,15?/m1/s1. The number of methoxy groups -OCH3 is 1. The number of aromatic amines is 1. The lowest BCUT2D eigenvalue weighted by atomic mass is 9.85. The monoisotopic (exact) mass is 297 g/mol. The average Bonchev–Trinajstić information content (AvgIpc) is 2.80. The molecule has 0 bridgehead atoms. The SMILES string of the molecule is COC(C)(CCO)C(=O)N[C@H](c1ncc(C)[nH]1)C(C)(C)C. The number of rotatable bonds is 6. The summed E-state index contributed by atoms with van der Waals surface area (Å²) in [5.74, 6) is 0.462. The zero-order chi connectivity index (χ0) is 16.3. The maximum atomic E-state index is 12.5. The number of imidazole rings is 1. The van der Waals surface area contributed by atoms with Gasteiger partial charge in [-0.15, -0.1) is 0 Å². The van der Waals surface area contributed by atoms with Crippen molar-refractivity contribution in [3.05, 3.63) is 17.7 Å². The summed E-state index contributed by atoms with van der Waals surface area (Å²) in [6.07, 6.45) is 1.98. The number of amides is 1. The fourth-order valence-corrected chi connectivity index (χ4v) is 2.08. The number of aryl methyl sites for hydroxylation is 1. The number of H-pyrrole nitrogens is 1. The van der Waals surface area contributed by atoms with Crippen molar-refractivity contribution in [1.29, 1.82) is 0 Å². The molecule has 0 radical (unpaired) electrons. The molecule has 1 unspecified atom stereocenters. The number of ether oxygens (including phenoxy) is 1. The van der Waals surface area contributed by atoms with Crippen molar-refractivity contribution in [2.75, 3.05) is 13.7 Å². The zero-order valence-corrected chi connectivity index (χ0v) is 13.8. The van der Waals surface area contributed by atoms with Gasteiger partial charge in [0, 0.05) is 32.0 Å².